The smallest absolute Gasteiger partial charge is 0.303 e. The molecule has 0 saturated heterocycles. The molecular formula is C5H11N2O4P. The van der Waals surface area contributed by atoms with Gasteiger partial charge in [0.1, 0.15) is 0 Å². The number of hydrogen-bond acceptors (Lipinski definition) is 2. The van der Waals surface area contributed by atoms with Crippen LogP contribution in [0.4, 0.5) is 0 Å². The number of rotatable bonds is 1. The van der Waals surface area contributed by atoms with Crippen molar-refractivity contribution in [2.45, 2.75) is 13.3 Å². The highest BCUT2D eigenvalue weighted by atomic mass is 31.2. The molecule has 0 fully saturated rings. The Kier molecular flexibility index (Phi) is 4.77. The Labute approximate surface area is 69.5 Å². The van der Waals surface area contributed by atoms with Crippen molar-refractivity contribution in [1.29, 1.82) is 0 Å². The van der Waals surface area contributed by atoms with Gasteiger partial charge in [0.15, 0.2) is 0 Å². The summed E-state index contributed by atoms with van der Waals surface area (Å²) in [6, 6.07) is 1.97. The zero-order valence-corrected chi connectivity index (χ0v) is 7.40. The summed E-state index contributed by atoms with van der Waals surface area (Å²) in [5.41, 5.74) is 1.12. The molecule has 1 aromatic heterocycles. The standard InChI is InChI=1S/C5H8N2.H3O4P/c1-2-5-3-4-6-7-5;1-5(2,3)4/h3-4H,2H2,1H3,(H,6,7);(H3,1,2,3,4). The van der Waals surface area contributed by atoms with Crippen LogP contribution in [0, 0.1) is 0 Å². The lowest BCUT2D eigenvalue weighted by Crippen LogP contribution is -1.75. The van der Waals surface area contributed by atoms with Crippen LogP contribution in [0.25, 0.3) is 0 Å². The number of H-pyrrole nitrogens is 1. The third kappa shape index (κ3) is 9.32. The quantitative estimate of drug-likeness (QED) is 0.472. The molecule has 4 N–H and O–H groups in total. The maximum Gasteiger partial charge on any atom is 0.466 e. The lowest BCUT2D eigenvalue weighted by Gasteiger charge is -1.82. The number of nitrogens with one attached hydrogen (secondary N) is 1. The minimum atomic E-state index is -4.64. The fourth-order valence-electron chi connectivity index (χ4n) is 0.488. The van der Waals surface area contributed by atoms with E-state index in [1.54, 1.807) is 0 Å². The molecular weight excluding hydrogens is 183 g/mol. The normalized spacial score (nSPS) is 10.3. The number of hydrogen-bond donors (Lipinski definition) is 4. The summed E-state index contributed by atoms with van der Waals surface area (Å²) < 4.78 is 8.88. The fourth-order valence-corrected chi connectivity index (χ4v) is 0.488. The van der Waals surface area contributed by atoms with Crippen LogP contribution in [0.2, 0.25) is 0 Å². The van der Waals surface area contributed by atoms with Crippen LogP contribution in [0.3, 0.4) is 0 Å². The van der Waals surface area contributed by atoms with Gasteiger partial charge in [0, 0.05) is 6.20 Å². The molecule has 0 aliphatic carbocycles. The minimum absolute atomic E-state index is 1.02. The molecule has 0 atom stereocenters. The van der Waals surface area contributed by atoms with E-state index in [-0.39, 0.29) is 0 Å². The summed E-state index contributed by atoms with van der Waals surface area (Å²) in [5.74, 6) is 0. The topological polar surface area (TPSA) is 106 Å². The van der Waals surface area contributed by atoms with Gasteiger partial charge in [-0.15, -0.1) is 0 Å². The second-order valence-corrected chi connectivity index (χ2v) is 2.96. The molecule has 0 saturated carbocycles. The molecule has 0 radical (unpaired) electrons. The van der Waals surface area contributed by atoms with Crippen molar-refractivity contribution in [1.82, 2.24) is 10.2 Å². The molecule has 0 unspecified atom stereocenters. The average molecular weight is 194 g/mol. The Morgan fingerprint density at radius 1 is 1.58 bits per heavy atom. The van der Waals surface area contributed by atoms with Crippen LogP contribution in [-0.2, 0) is 11.0 Å². The van der Waals surface area contributed by atoms with Crippen molar-refractivity contribution in [3.05, 3.63) is 18.0 Å². The van der Waals surface area contributed by atoms with Crippen molar-refractivity contribution < 1.29 is 19.2 Å². The first-order valence-corrected chi connectivity index (χ1v) is 4.77. The molecule has 1 aromatic rings. The van der Waals surface area contributed by atoms with E-state index in [2.05, 4.69) is 17.1 Å². The number of aromatic amines is 1. The van der Waals surface area contributed by atoms with Crippen LogP contribution < -0.4 is 0 Å². The van der Waals surface area contributed by atoms with Crippen molar-refractivity contribution in [2.75, 3.05) is 0 Å². The maximum absolute atomic E-state index is 8.88. The lowest BCUT2D eigenvalue weighted by molar-refractivity contribution is 0.275. The number of aromatic nitrogens is 2. The Morgan fingerprint density at radius 2 is 2.08 bits per heavy atom. The second kappa shape index (κ2) is 5.05. The van der Waals surface area contributed by atoms with E-state index in [0.717, 1.165) is 12.1 Å². The molecule has 0 aliphatic heterocycles. The minimum Gasteiger partial charge on any atom is -0.303 e. The highest BCUT2D eigenvalue weighted by Gasteiger charge is 2.00. The summed E-state index contributed by atoms with van der Waals surface area (Å²) >= 11 is 0. The Morgan fingerprint density at radius 3 is 2.25 bits per heavy atom. The van der Waals surface area contributed by atoms with E-state index in [1.807, 2.05) is 12.3 Å². The summed E-state index contributed by atoms with van der Waals surface area (Å²) in [4.78, 5) is 21.6. The van der Waals surface area contributed by atoms with Crippen LogP contribution in [-0.4, -0.2) is 24.9 Å². The Hall–Kier alpha value is -0.680. The van der Waals surface area contributed by atoms with Crippen molar-refractivity contribution in [3.63, 3.8) is 0 Å². The van der Waals surface area contributed by atoms with E-state index < -0.39 is 7.82 Å². The highest BCUT2D eigenvalue weighted by molar-refractivity contribution is 7.45. The number of nitrogens with zero attached hydrogens (tertiary/aromatic N) is 1. The zero-order chi connectivity index (χ0) is 9.61. The molecule has 70 valence electrons. The fraction of sp³-hybridized carbons (Fsp3) is 0.400. The van der Waals surface area contributed by atoms with Crippen molar-refractivity contribution in [2.24, 2.45) is 0 Å². The van der Waals surface area contributed by atoms with E-state index in [4.69, 9.17) is 19.2 Å². The Balaban J connectivity index is 0.000000217. The van der Waals surface area contributed by atoms with E-state index >= 15 is 0 Å². The largest absolute Gasteiger partial charge is 0.466 e. The first-order valence-electron chi connectivity index (χ1n) is 3.20. The summed E-state index contributed by atoms with van der Waals surface area (Å²) in [6.07, 6.45) is 2.85. The van der Waals surface area contributed by atoms with Crippen LogP contribution >= 0.6 is 7.82 Å². The van der Waals surface area contributed by atoms with Gasteiger partial charge < -0.3 is 14.7 Å². The predicted molar refractivity (Wildman–Crippen MR) is 42.2 cm³/mol. The molecule has 12 heavy (non-hydrogen) atoms. The van der Waals surface area contributed by atoms with Gasteiger partial charge in [0.25, 0.3) is 0 Å². The van der Waals surface area contributed by atoms with Gasteiger partial charge in [-0.05, 0) is 12.5 Å². The van der Waals surface area contributed by atoms with Gasteiger partial charge >= 0.3 is 7.82 Å². The first kappa shape index (κ1) is 11.3. The van der Waals surface area contributed by atoms with E-state index in [9.17, 15) is 0 Å². The van der Waals surface area contributed by atoms with Crippen molar-refractivity contribution in [3.8, 4) is 0 Å². The lowest BCUT2D eigenvalue weighted by atomic mass is 10.4. The van der Waals surface area contributed by atoms with Gasteiger partial charge in [-0.3, -0.25) is 5.10 Å². The van der Waals surface area contributed by atoms with Crippen LogP contribution in [0.15, 0.2) is 12.3 Å². The molecule has 1 rings (SSSR count). The molecule has 1 heterocycles. The third-order valence-electron chi connectivity index (χ3n) is 0.921. The van der Waals surface area contributed by atoms with E-state index in [1.165, 1.54) is 0 Å². The zero-order valence-electron chi connectivity index (χ0n) is 6.51. The molecule has 0 aromatic carbocycles. The predicted octanol–water partition coefficient (Wildman–Crippen LogP) is 0.0435. The second-order valence-electron chi connectivity index (χ2n) is 1.93. The van der Waals surface area contributed by atoms with Crippen LogP contribution in [0.5, 0.6) is 0 Å². The van der Waals surface area contributed by atoms with Gasteiger partial charge in [0.05, 0.1) is 5.69 Å². The summed E-state index contributed by atoms with van der Waals surface area (Å²) in [7, 11) is -4.64. The first-order chi connectivity index (χ1) is 5.43. The van der Waals surface area contributed by atoms with Gasteiger partial charge in [0.2, 0.25) is 0 Å². The number of aryl methyl sites for hydroxylation is 1. The maximum atomic E-state index is 8.88. The molecule has 0 amide bonds. The average Bonchev–Trinajstić information content (AvgIpc) is 2.33. The molecule has 0 bridgehead atoms. The van der Waals surface area contributed by atoms with Gasteiger partial charge in [-0.25, -0.2) is 4.57 Å². The van der Waals surface area contributed by atoms with Gasteiger partial charge in [-0.1, -0.05) is 6.92 Å². The van der Waals surface area contributed by atoms with Crippen molar-refractivity contribution >= 4 is 7.82 Å². The monoisotopic (exact) mass is 194 g/mol. The van der Waals surface area contributed by atoms with E-state index in [0.29, 0.717) is 0 Å². The molecule has 0 aliphatic rings. The number of phosphoric acid groups is 1. The third-order valence-corrected chi connectivity index (χ3v) is 0.921. The Bertz CT molecular complexity index is 234. The summed E-state index contributed by atoms with van der Waals surface area (Å²) in [6.45, 7) is 2.08. The molecule has 0 spiro atoms. The molecule has 6 nitrogen and oxygen atoms in total. The SMILES string of the molecule is CCc1cc[nH]n1.O=P(O)(O)O. The van der Waals surface area contributed by atoms with Gasteiger partial charge in [-0.2, -0.15) is 5.10 Å². The molecule has 7 heteroatoms. The highest BCUT2D eigenvalue weighted by Crippen LogP contribution is 2.25. The summed E-state index contributed by atoms with van der Waals surface area (Å²) in [5, 5.41) is 6.64. The van der Waals surface area contributed by atoms with Crippen LogP contribution in [0.1, 0.15) is 12.6 Å².